The molecule has 34 heavy (non-hydrogen) atoms. The van der Waals surface area contributed by atoms with E-state index in [-0.39, 0.29) is 30.2 Å². The van der Waals surface area contributed by atoms with Crippen LogP contribution in [0, 0.1) is 18.7 Å². The van der Waals surface area contributed by atoms with Gasteiger partial charge in [0.15, 0.2) is 0 Å². The predicted molar refractivity (Wildman–Crippen MR) is 136 cm³/mol. The molecule has 0 saturated carbocycles. The molecule has 1 heterocycles. The van der Waals surface area contributed by atoms with Crippen LogP contribution in [0.1, 0.15) is 35.6 Å². The Kier molecular flexibility index (Phi) is 9.22. The summed E-state index contributed by atoms with van der Waals surface area (Å²) < 4.78 is 13.4. The van der Waals surface area contributed by atoms with Gasteiger partial charge in [0.05, 0.1) is 6.54 Å². The van der Waals surface area contributed by atoms with Crippen LogP contribution < -0.4 is 5.32 Å². The zero-order valence-electron chi connectivity index (χ0n) is 20.0. The number of halogens is 1. The first kappa shape index (κ1) is 25.4. The van der Waals surface area contributed by atoms with Gasteiger partial charge in [0.2, 0.25) is 5.91 Å². The van der Waals surface area contributed by atoms with Crippen LogP contribution in [-0.4, -0.2) is 34.8 Å². The van der Waals surface area contributed by atoms with Gasteiger partial charge in [-0.05, 0) is 54.8 Å². The third-order valence-corrected chi connectivity index (χ3v) is 6.63. The standard InChI is InChI=1S/C27H32FN3O2S/c1-4-20(2)16-31(27(33)29-24-8-6-5-7-9-24)19-26(32)30(18-25-15-10-21(3)34-25)17-22-11-13-23(28)14-12-22/h5-15,20H,4,16-19H2,1-3H3,(H,29,33). The molecule has 0 fully saturated rings. The number of rotatable bonds is 10. The molecule has 1 N–H and O–H groups in total. The molecule has 1 atom stereocenters. The Morgan fingerprint density at radius 2 is 1.68 bits per heavy atom. The first-order valence-corrected chi connectivity index (χ1v) is 12.3. The number of hydrogen-bond acceptors (Lipinski definition) is 3. The fraction of sp³-hybridized carbons (Fsp3) is 0.333. The molecular weight excluding hydrogens is 449 g/mol. The van der Waals surface area contributed by atoms with Crippen LogP contribution in [-0.2, 0) is 17.9 Å². The van der Waals surface area contributed by atoms with Gasteiger partial charge in [-0.15, -0.1) is 11.3 Å². The smallest absolute Gasteiger partial charge is 0.322 e. The fourth-order valence-electron chi connectivity index (χ4n) is 3.51. The van der Waals surface area contributed by atoms with E-state index >= 15 is 0 Å². The number of nitrogens with one attached hydrogen (secondary N) is 1. The Hall–Kier alpha value is -3.19. The quantitative estimate of drug-likeness (QED) is 0.369. The van der Waals surface area contributed by atoms with Crippen LogP contribution in [0.4, 0.5) is 14.9 Å². The lowest BCUT2D eigenvalue weighted by atomic mass is 10.1. The molecule has 0 spiro atoms. The van der Waals surface area contributed by atoms with Crippen LogP contribution in [0.3, 0.4) is 0 Å². The molecule has 3 amide bonds. The normalized spacial score (nSPS) is 11.6. The molecular formula is C27H32FN3O2S. The zero-order chi connectivity index (χ0) is 24.5. The van der Waals surface area contributed by atoms with E-state index in [1.54, 1.807) is 33.3 Å². The second-order valence-electron chi connectivity index (χ2n) is 8.58. The summed E-state index contributed by atoms with van der Waals surface area (Å²) >= 11 is 1.64. The van der Waals surface area contributed by atoms with E-state index in [4.69, 9.17) is 0 Å². The SMILES string of the molecule is CCC(C)CN(CC(=O)N(Cc1ccc(F)cc1)Cc1ccc(C)s1)C(=O)Nc1ccccc1. The summed E-state index contributed by atoms with van der Waals surface area (Å²) in [6.07, 6.45) is 0.900. The Balaban J connectivity index is 1.78. The second kappa shape index (κ2) is 12.3. The highest BCUT2D eigenvalue weighted by molar-refractivity contribution is 7.11. The molecule has 5 nitrogen and oxygen atoms in total. The summed E-state index contributed by atoms with van der Waals surface area (Å²) in [4.78, 5) is 32.1. The lowest BCUT2D eigenvalue weighted by molar-refractivity contribution is -0.133. The number of carbonyl (C=O) groups is 2. The van der Waals surface area contributed by atoms with Crippen molar-refractivity contribution in [2.24, 2.45) is 5.92 Å². The lowest BCUT2D eigenvalue weighted by Crippen LogP contribution is -2.45. The molecule has 0 aliphatic rings. The summed E-state index contributed by atoms with van der Waals surface area (Å²) in [5, 5.41) is 2.90. The van der Waals surface area contributed by atoms with Crippen molar-refractivity contribution in [2.75, 3.05) is 18.4 Å². The summed E-state index contributed by atoms with van der Waals surface area (Å²) in [5.74, 6) is -0.213. The van der Waals surface area contributed by atoms with Crippen LogP contribution in [0.5, 0.6) is 0 Å². The predicted octanol–water partition coefficient (Wildman–Crippen LogP) is 6.30. The number of hydrogen-bond donors (Lipinski definition) is 1. The van der Waals surface area contributed by atoms with E-state index in [1.807, 2.05) is 49.4 Å². The molecule has 3 aromatic rings. The molecule has 0 bridgehead atoms. The van der Waals surface area contributed by atoms with Gasteiger partial charge in [0, 0.05) is 28.5 Å². The number of benzene rings is 2. The summed E-state index contributed by atoms with van der Waals surface area (Å²) in [6, 6.07) is 19.2. The van der Waals surface area contributed by atoms with E-state index < -0.39 is 0 Å². The molecule has 0 radical (unpaired) electrons. The van der Waals surface area contributed by atoms with Gasteiger partial charge in [0.1, 0.15) is 12.4 Å². The summed E-state index contributed by atoms with van der Waals surface area (Å²) in [7, 11) is 0. The van der Waals surface area contributed by atoms with Gasteiger partial charge in [-0.1, -0.05) is 50.6 Å². The number of urea groups is 1. The summed E-state index contributed by atoms with van der Waals surface area (Å²) in [5.41, 5.74) is 1.52. The van der Waals surface area contributed by atoms with Crippen LogP contribution in [0.25, 0.3) is 0 Å². The number of anilines is 1. The Labute approximate surface area is 205 Å². The third-order valence-electron chi connectivity index (χ3n) is 5.65. The van der Waals surface area contributed by atoms with Gasteiger partial charge < -0.3 is 15.1 Å². The van der Waals surface area contributed by atoms with Crippen LogP contribution in [0.2, 0.25) is 0 Å². The van der Waals surface area contributed by atoms with Crippen molar-refractivity contribution in [2.45, 2.75) is 40.3 Å². The molecule has 0 aliphatic heterocycles. The maximum atomic E-state index is 13.5. The molecule has 7 heteroatoms. The minimum Gasteiger partial charge on any atom is -0.332 e. The van der Waals surface area contributed by atoms with Crippen molar-refractivity contribution in [3.63, 3.8) is 0 Å². The molecule has 1 unspecified atom stereocenters. The monoisotopic (exact) mass is 481 g/mol. The van der Waals surface area contributed by atoms with E-state index in [0.717, 1.165) is 16.9 Å². The number of amides is 3. The highest BCUT2D eigenvalue weighted by Crippen LogP contribution is 2.20. The fourth-order valence-corrected chi connectivity index (χ4v) is 4.42. The van der Waals surface area contributed by atoms with E-state index in [0.29, 0.717) is 25.3 Å². The lowest BCUT2D eigenvalue weighted by Gasteiger charge is -2.29. The second-order valence-corrected chi connectivity index (χ2v) is 9.95. The van der Waals surface area contributed by atoms with Crippen molar-refractivity contribution in [3.05, 3.63) is 87.9 Å². The highest BCUT2D eigenvalue weighted by Gasteiger charge is 2.23. The minimum absolute atomic E-state index is 0.0332. The first-order valence-electron chi connectivity index (χ1n) is 11.5. The van der Waals surface area contributed by atoms with E-state index in [9.17, 15) is 14.0 Å². The van der Waals surface area contributed by atoms with Crippen molar-refractivity contribution in [3.8, 4) is 0 Å². The van der Waals surface area contributed by atoms with E-state index in [2.05, 4.69) is 19.2 Å². The molecule has 0 saturated heterocycles. The average Bonchev–Trinajstić information content (AvgIpc) is 3.24. The van der Waals surface area contributed by atoms with Gasteiger partial charge >= 0.3 is 6.03 Å². The summed E-state index contributed by atoms with van der Waals surface area (Å²) in [6.45, 7) is 7.39. The maximum absolute atomic E-state index is 13.5. The molecule has 180 valence electrons. The zero-order valence-corrected chi connectivity index (χ0v) is 20.8. The largest absolute Gasteiger partial charge is 0.332 e. The maximum Gasteiger partial charge on any atom is 0.322 e. The van der Waals surface area contributed by atoms with Gasteiger partial charge in [-0.2, -0.15) is 0 Å². The molecule has 3 rings (SSSR count). The van der Waals surface area contributed by atoms with E-state index in [1.165, 1.54) is 17.0 Å². The Morgan fingerprint density at radius 3 is 2.29 bits per heavy atom. The number of nitrogens with zero attached hydrogens (tertiary/aromatic N) is 2. The number of aryl methyl sites for hydroxylation is 1. The topological polar surface area (TPSA) is 52.7 Å². The first-order chi connectivity index (χ1) is 16.3. The third kappa shape index (κ3) is 7.70. The Bertz CT molecular complexity index is 1070. The Morgan fingerprint density at radius 1 is 0.971 bits per heavy atom. The molecule has 1 aromatic heterocycles. The van der Waals surface area contributed by atoms with Gasteiger partial charge in [-0.3, -0.25) is 4.79 Å². The van der Waals surface area contributed by atoms with Gasteiger partial charge in [0.25, 0.3) is 0 Å². The van der Waals surface area contributed by atoms with Gasteiger partial charge in [-0.25, -0.2) is 9.18 Å². The highest BCUT2D eigenvalue weighted by atomic mass is 32.1. The van der Waals surface area contributed by atoms with Crippen LogP contribution >= 0.6 is 11.3 Å². The van der Waals surface area contributed by atoms with Crippen molar-refractivity contribution >= 4 is 29.0 Å². The molecule has 2 aromatic carbocycles. The average molecular weight is 482 g/mol. The number of para-hydroxylation sites is 1. The van der Waals surface area contributed by atoms with Crippen molar-refractivity contribution in [1.29, 1.82) is 0 Å². The van der Waals surface area contributed by atoms with Crippen molar-refractivity contribution in [1.82, 2.24) is 9.80 Å². The number of carbonyl (C=O) groups excluding carboxylic acids is 2. The molecule has 0 aliphatic carbocycles. The van der Waals surface area contributed by atoms with Crippen LogP contribution in [0.15, 0.2) is 66.7 Å². The van der Waals surface area contributed by atoms with Crippen molar-refractivity contribution < 1.29 is 14.0 Å². The number of thiophene rings is 1. The minimum atomic E-state index is -0.312.